The first-order valence-electron chi connectivity index (χ1n) is 8.89. The molecular weight excluding hydrogens is 339 g/mol. The quantitative estimate of drug-likeness (QED) is 0.873. The van der Waals surface area contributed by atoms with Crippen LogP contribution in [-0.4, -0.2) is 40.3 Å². The average Bonchev–Trinajstić information content (AvgIpc) is 3.33. The van der Waals surface area contributed by atoms with E-state index < -0.39 is 17.3 Å². The van der Waals surface area contributed by atoms with Crippen molar-refractivity contribution < 1.29 is 19.4 Å². The monoisotopic (exact) mass is 360 g/mol. The number of anilines is 1. The van der Waals surface area contributed by atoms with Gasteiger partial charge in [0.1, 0.15) is 5.56 Å². The van der Waals surface area contributed by atoms with Gasteiger partial charge in [0, 0.05) is 25.6 Å². The number of halogens is 1. The van der Waals surface area contributed by atoms with E-state index in [2.05, 4.69) is 0 Å². The standard InChI is InChI=1S/C19H21FN2O4/c1-10-16-13(12-2-3-12)6-14(19(25)26)18(24)22(16)8-15(20)17(10)21-5-4-11(7-21)9-23/h6,8,11-12,23H,2-5,7,9H2,1H3,(H,25,26)/t11-/m1/s1. The SMILES string of the molecule is Cc1c(N2CC[C@@H](CO)C2)c(F)cn2c(=O)c(C(=O)O)cc(C3CC3)c12. The number of hydrogen-bond donors (Lipinski definition) is 2. The predicted molar refractivity (Wildman–Crippen MR) is 94.7 cm³/mol. The minimum atomic E-state index is -1.29. The molecule has 0 unspecified atom stereocenters. The molecule has 1 aliphatic carbocycles. The first-order chi connectivity index (χ1) is 12.4. The first-order valence-corrected chi connectivity index (χ1v) is 8.89. The zero-order chi connectivity index (χ0) is 18.6. The molecule has 6 nitrogen and oxygen atoms in total. The van der Waals surface area contributed by atoms with Crippen LogP contribution in [0.5, 0.6) is 0 Å². The van der Waals surface area contributed by atoms with Crippen LogP contribution in [-0.2, 0) is 0 Å². The van der Waals surface area contributed by atoms with Crippen LogP contribution < -0.4 is 10.5 Å². The lowest BCUT2D eigenvalue weighted by Crippen LogP contribution is -2.27. The largest absolute Gasteiger partial charge is 0.477 e. The highest BCUT2D eigenvalue weighted by atomic mass is 19.1. The van der Waals surface area contributed by atoms with E-state index in [4.69, 9.17) is 0 Å². The zero-order valence-electron chi connectivity index (χ0n) is 14.5. The van der Waals surface area contributed by atoms with E-state index in [-0.39, 0.29) is 24.0 Å². The molecule has 138 valence electrons. The molecule has 2 aromatic heterocycles. The Morgan fingerprint density at radius 1 is 1.35 bits per heavy atom. The van der Waals surface area contributed by atoms with Gasteiger partial charge in [-0.15, -0.1) is 0 Å². The van der Waals surface area contributed by atoms with E-state index >= 15 is 0 Å². The van der Waals surface area contributed by atoms with Gasteiger partial charge < -0.3 is 15.1 Å². The smallest absolute Gasteiger partial charge is 0.341 e. The maximum absolute atomic E-state index is 14.9. The lowest BCUT2D eigenvalue weighted by atomic mass is 10.0. The normalized spacial score (nSPS) is 20.1. The Morgan fingerprint density at radius 2 is 2.08 bits per heavy atom. The molecule has 0 spiro atoms. The summed E-state index contributed by atoms with van der Waals surface area (Å²) in [6.45, 7) is 3.07. The number of fused-ring (bicyclic) bond motifs is 1. The molecule has 2 fully saturated rings. The molecule has 4 rings (SSSR count). The minimum absolute atomic E-state index is 0.0690. The third-order valence-corrected chi connectivity index (χ3v) is 5.55. The maximum atomic E-state index is 14.9. The van der Waals surface area contributed by atoms with E-state index in [0.717, 1.165) is 35.4 Å². The van der Waals surface area contributed by atoms with Crippen LogP contribution in [0.15, 0.2) is 17.1 Å². The molecule has 1 atom stereocenters. The third kappa shape index (κ3) is 2.58. The van der Waals surface area contributed by atoms with Crippen LogP contribution in [0.2, 0.25) is 0 Å². The van der Waals surface area contributed by atoms with Crippen molar-refractivity contribution in [1.29, 1.82) is 0 Å². The topological polar surface area (TPSA) is 82.2 Å². The fourth-order valence-electron chi connectivity index (χ4n) is 4.07. The molecule has 1 saturated heterocycles. The summed E-state index contributed by atoms with van der Waals surface area (Å²) in [6, 6.07) is 1.47. The Morgan fingerprint density at radius 3 is 2.65 bits per heavy atom. The molecular formula is C19H21FN2O4. The number of nitrogens with zero attached hydrogens (tertiary/aromatic N) is 2. The second-order valence-corrected chi connectivity index (χ2v) is 7.35. The molecule has 3 heterocycles. The number of aliphatic hydroxyl groups excluding tert-OH is 1. The molecule has 0 radical (unpaired) electrons. The van der Waals surface area contributed by atoms with Crippen LogP contribution >= 0.6 is 0 Å². The van der Waals surface area contributed by atoms with Gasteiger partial charge in [0.15, 0.2) is 5.82 Å². The highest BCUT2D eigenvalue weighted by molar-refractivity contribution is 5.89. The molecule has 0 amide bonds. The number of aryl methyl sites for hydroxylation is 1. The van der Waals surface area contributed by atoms with Crippen molar-refractivity contribution >= 4 is 17.2 Å². The number of hydrogen-bond acceptors (Lipinski definition) is 4. The van der Waals surface area contributed by atoms with E-state index in [9.17, 15) is 24.2 Å². The summed E-state index contributed by atoms with van der Waals surface area (Å²) in [5.41, 5.74) is 1.49. The highest BCUT2D eigenvalue weighted by Gasteiger charge is 2.32. The van der Waals surface area contributed by atoms with Crippen LogP contribution in [0.1, 0.15) is 46.7 Å². The lowest BCUT2D eigenvalue weighted by molar-refractivity contribution is 0.0694. The predicted octanol–water partition coefficient (Wildman–Crippen LogP) is 2.14. The van der Waals surface area contributed by atoms with E-state index in [1.165, 1.54) is 6.07 Å². The van der Waals surface area contributed by atoms with Crippen LogP contribution in [0, 0.1) is 18.7 Å². The zero-order valence-corrected chi connectivity index (χ0v) is 14.5. The fraction of sp³-hybridized carbons (Fsp3) is 0.474. The van der Waals surface area contributed by atoms with Crippen LogP contribution in [0.4, 0.5) is 10.1 Å². The van der Waals surface area contributed by atoms with Crippen molar-refractivity contribution in [3.63, 3.8) is 0 Å². The maximum Gasteiger partial charge on any atom is 0.341 e. The Hall–Kier alpha value is -2.41. The van der Waals surface area contributed by atoms with Gasteiger partial charge in [0.05, 0.1) is 17.4 Å². The summed E-state index contributed by atoms with van der Waals surface area (Å²) < 4.78 is 16.1. The van der Waals surface area contributed by atoms with E-state index in [1.807, 2.05) is 4.90 Å². The minimum Gasteiger partial charge on any atom is -0.477 e. The van der Waals surface area contributed by atoms with Gasteiger partial charge in [-0.1, -0.05) is 0 Å². The molecule has 1 aliphatic heterocycles. The summed E-state index contributed by atoms with van der Waals surface area (Å²) in [5, 5.41) is 18.7. The summed E-state index contributed by atoms with van der Waals surface area (Å²) in [6.07, 6.45) is 3.79. The Balaban J connectivity index is 1.97. The number of carboxylic acids is 1. The van der Waals surface area contributed by atoms with Crippen LogP contribution in [0.25, 0.3) is 5.52 Å². The van der Waals surface area contributed by atoms with Gasteiger partial charge >= 0.3 is 5.97 Å². The van der Waals surface area contributed by atoms with Crippen molar-refractivity contribution in [3.05, 3.63) is 45.1 Å². The number of aliphatic hydroxyl groups is 1. The van der Waals surface area contributed by atoms with E-state index in [1.54, 1.807) is 6.92 Å². The number of aromatic nitrogens is 1. The number of aromatic carboxylic acids is 1. The molecule has 1 saturated carbocycles. The van der Waals surface area contributed by atoms with Gasteiger partial charge in [-0.3, -0.25) is 9.20 Å². The molecule has 7 heteroatoms. The molecule has 2 N–H and O–H groups in total. The first kappa shape index (κ1) is 17.0. The fourth-order valence-corrected chi connectivity index (χ4v) is 4.07. The van der Waals surface area contributed by atoms with E-state index in [0.29, 0.717) is 29.9 Å². The average molecular weight is 360 g/mol. The van der Waals surface area contributed by atoms with Crippen LogP contribution in [0.3, 0.4) is 0 Å². The van der Waals surface area contributed by atoms with Crippen molar-refractivity contribution in [2.45, 2.75) is 32.1 Å². The Bertz CT molecular complexity index is 964. The summed E-state index contributed by atoms with van der Waals surface area (Å²) in [5.74, 6) is -1.51. The third-order valence-electron chi connectivity index (χ3n) is 5.55. The van der Waals surface area contributed by atoms with Gasteiger partial charge in [-0.25, -0.2) is 9.18 Å². The number of carbonyl (C=O) groups is 1. The summed E-state index contributed by atoms with van der Waals surface area (Å²) >= 11 is 0. The van der Waals surface area contributed by atoms with Gasteiger partial charge in [0.25, 0.3) is 5.56 Å². The second-order valence-electron chi connectivity index (χ2n) is 7.35. The number of carboxylic acid groups (broad SMARTS) is 1. The summed E-state index contributed by atoms with van der Waals surface area (Å²) in [4.78, 5) is 25.9. The van der Waals surface area contributed by atoms with Crippen molar-refractivity contribution in [3.8, 4) is 0 Å². The van der Waals surface area contributed by atoms with Crippen molar-refractivity contribution in [2.75, 3.05) is 24.6 Å². The van der Waals surface area contributed by atoms with Crippen molar-refractivity contribution in [1.82, 2.24) is 4.40 Å². The Labute approximate surface area is 149 Å². The number of rotatable bonds is 4. The Kier molecular flexibility index (Phi) is 3.99. The lowest BCUT2D eigenvalue weighted by Gasteiger charge is -2.24. The van der Waals surface area contributed by atoms with Gasteiger partial charge in [-0.2, -0.15) is 0 Å². The summed E-state index contributed by atoms with van der Waals surface area (Å²) in [7, 11) is 0. The highest BCUT2D eigenvalue weighted by Crippen LogP contribution is 2.44. The molecule has 26 heavy (non-hydrogen) atoms. The van der Waals surface area contributed by atoms with Crippen molar-refractivity contribution in [2.24, 2.45) is 5.92 Å². The number of pyridine rings is 2. The van der Waals surface area contributed by atoms with Gasteiger partial charge in [-0.05, 0) is 49.3 Å². The van der Waals surface area contributed by atoms with Gasteiger partial charge in [0.2, 0.25) is 0 Å². The molecule has 0 bridgehead atoms. The second kappa shape index (κ2) is 6.09. The molecule has 2 aromatic rings. The molecule has 2 aliphatic rings. The molecule has 0 aromatic carbocycles.